The van der Waals surface area contributed by atoms with E-state index in [0.717, 1.165) is 47.7 Å². The highest BCUT2D eigenvalue weighted by Crippen LogP contribution is 2.30. The molecule has 1 saturated heterocycles. The van der Waals surface area contributed by atoms with Crippen LogP contribution in [0.3, 0.4) is 0 Å². The topological polar surface area (TPSA) is 57.8 Å². The van der Waals surface area contributed by atoms with E-state index in [2.05, 4.69) is 15.4 Å². The molecule has 4 rings (SSSR count). The average Bonchev–Trinajstić information content (AvgIpc) is 3.23. The summed E-state index contributed by atoms with van der Waals surface area (Å²) in [5.41, 5.74) is 2.94. The van der Waals surface area contributed by atoms with E-state index in [1.807, 2.05) is 35.8 Å². The summed E-state index contributed by atoms with van der Waals surface area (Å²) in [5, 5.41) is 11.6. The van der Waals surface area contributed by atoms with Crippen molar-refractivity contribution in [3.63, 3.8) is 0 Å². The number of aromatic nitrogens is 2. The van der Waals surface area contributed by atoms with Crippen molar-refractivity contribution in [1.29, 1.82) is 0 Å². The first-order valence-electron chi connectivity index (χ1n) is 8.21. The molecule has 0 saturated carbocycles. The van der Waals surface area contributed by atoms with Gasteiger partial charge in [0.05, 0.1) is 10.6 Å². The van der Waals surface area contributed by atoms with E-state index in [-0.39, 0.29) is 0 Å². The van der Waals surface area contributed by atoms with Crippen molar-refractivity contribution in [3.05, 3.63) is 47.6 Å². The van der Waals surface area contributed by atoms with E-state index in [9.17, 15) is 9.90 Å². The molecule has 124 valence electrons. The zero-order chi connectivity index (χ0) is 16.5. The average molecular weight is 341 g/mol. The van der Waals surface area contributed by atoms with Gasteiger partial charge in [-0.15, -0.1) is 11.3 Å². The van der Waals surface area contributed by atoms with Gasteiger partial charge in [0.15, 0.2) is 0 Å². The third-order valence-electron chi connectivity index (χ3n) is 4.64. The van der Waals surface area contributed by atoms with Gasteiger partial charge in [-0.2, -0.15) is 0 Å². The highest BCUT2D eigenvalue weighted by atomic mass is 32.1. The molecule has 0 bridgehead atoms. The summed E-state index contributed by atoms with van der Waals surface area (Å²) in [6.45, 7) is 1.43. The number of fused-ring (bicyclic) bond motifs is 1. The predicted octanol–water partition coefficient (Wildman–Crippen LogP) is 3.50. The monoisotopic (exact) mass is 341 g/mol. The molecule has 1 aliphatic rings. The third-order valence-corrected chi connectivity index (χ3v) is 5.51. The molecule has 0 aliphatic carbocycles. The van der Waals surface area contributed by atoms with E-state index in [1.54, 1.807) is 11.3 Å². The molecular weight excluding hydrogens is 322 g/mol. The molecule has 1 fully saturated rings. The van der Waals surface area contributed by atoms with Crippen molar-refractivity contribution in [2.24, 2.45) is 0 Å². The number of imidazole rings is 1. The second-order valence-corrected chi connectivity index (χ2v) is 7.08. The highest BCUT2D eigenvalue weighted by Gasteiger charge is 2.30. The number of piperidine rings is 1. The van der Waals surface area contributed by atoms with Crippen molar-refractivity contribution in [1.82, 2.24) is 14.3 Å². The minimum atomic E-state index is -0.721. The van der Waals surface area contributed by atoms with Crippen LogP contribution in [0.5, 0.6) is 0 Å². The number of carboxylic acids is 1. The molecular formula is C18H19N3O2S. The number of likely N-dealkylation sites (tertiary alicyclic amines) is 1. The summed E-state index contributed by atoms with van der Waals surface area (Å²) < 4.78 is 2.09. The summed E-state index contributed by atoms with van der Waals surface area (Å²) >= 11 is 1.66. The number of thiophene rings is 1. The van der Waals surface area contributed by atoms with Crippen LogP contribution in [0.4, 0.5) is 0 Å². The Kier molecular flexibility index (Phi) is 4.08. The van der Waals surface area contributed by atoms with Crippen LogP contribution in [0.15, 0.2) is 41.9 Å². The van der Waals surface area contributed by atoms with Crippen LogP contribution >= 0.6 is 11.3 Å². The van der Waals surface area contributed by atoms with E-state index < -0.39 is 12.0 Å². The van der Waals surface area contributed by atoms with Crippen LogP contribution in [0, 0.1) is 0 Å². The largest absolute Gasteiger partial charge is 0.480 e. The van der Waals surface area contributed by atoms with Gasteiger partial charge in [-0.3, -0.25) is 9.69 Å². The van der Waals surface area contributed by atoms with Crippen LogP contribution in [-0.4, -0.2) is 37.9 Å². The van der Waals surface area contributed by atoms with Crippen molar-refractivity contribution in [2.75, 3.05) is 6.54 Å². The maximum absolute atomic E-state index is 11.6. The van der Waals surface area contributed by atoms with Crippen molar-refractivity contribution in [3.8, 4) is 10.6 Å². The Morgan fingerprint density at radius 2 is 2.21 bits per heavy atom. The quantitative estimate of drug-likeness (QED) is 0.789. The number of nitrogens with zero attached hydrogens (tertiary/aromatic N) is 3. The first-order chi connectivity index (χ1) is 11.7. The summed E-state index contributed by atoms with van der Waals surface area (Å²) in [5.74, 6) is -0.721. The van der Waals surface area contributed by atoms with Crippen molar-refractivity contribution in [2.45, 2.75) is 31.8 Å². The summed E-state index contributed by atoms with van der Waals surface area (Å²) in [4.78, 5) is 19.6. The van der Waals surface area contributed by atoms with Crippen molar-refractivity contribution >= 4 is 23.0 Å². The Balaban J connectivity index is 1.77. The Hall–Kier alpha value is -2.18. The fourth-order valence-electron chi connectivity index (χ4n) is 3.46. The Morgan fingerprint density at radius 1 is 1.29 bits per heavy atom. The smallest absolute Gasteiger partial charge is 0.320 e. The molecule has 0 spiro atoms. The molecule has 3 aromatic heterocycles. The van der Waals surface area contributed by atoms with E-state index >= 15 is 0 Å². The maximum atomic E-state index is 11.6. The third kappa shape index (κ3) is 2.72. The molecule has 5 nitrogen and oxygen atoms in total. The normalized spacial score (nSPS) is 18.9. The minimum Gasteiger partial charge on any atom is -0.480 e. The number of hydrogen-bond acceptors (Lipinski definition) is 4. The second-order valence-electron chi connectivity index (χ2n) is 6.13. The van der Waals surface area contributed by atoms with E-state index in [1.165, 1.54) is 0 Å². The van der Waals surface area contributed by atoms with Gasteiger partial charge in [-0.05, 0) is 43.0 Å². The highest BCUT2D eigenvalue weighted by molar-refractivity contribution is 7.13. The molecule has 0 radical (unpaired) electrons. The number of rotatable bonds is 4. The van der Waals surface area contributed by atoms with Gasteiger partial charge in [-0.1, -0.05) is 18.6 Å². The lowest BCUT2D eigenvalue weighted by atomic mass is 10.0. The van der Waals surface area contributed by atoms with Crippen LogP contribution in [0.2, 0.25) is 0 Å². The lowest BCUT2D eigenvalue weighted by Gasteiger charge is -2.32. The summed E-state index contributed by atoms with van der Waals surface area (Å²) in [6.07, 6.45) is 4.77. The Morgan fingerprint density at radius 3 is 3.00 bits per heavy atom. The fraction of sp³-hybridized carbons (Fsp3) is 0.333. The van der Waals surface area contributed by atoms with Crippen LogP contribution in [0.1, 0.15) is 25.0 Å². The molecule has 6 heteroatoms. The van der Waals surface area contributed by atoms with E-state index in [0.29, 0.717) is 6.54 Å². The van der Waals surface area contributed by atoms with Crippen LogP contribution in [-0.2, 0) is 11.3 Å². The molecule has 1 aliphatic heterocycles. The lowest BCUT2D eigenvalue weighted by Crippen LogP contribution is -2.44. The van der Waals surface area contributed by atoms with Gasteiger partial charge in [0.2, 0.25) is 0 Å². The number of carboxylic acid groups (broad SMARTS) is 1. The molecule has 0 aromatic carbocycles. The summed E-state index contributed by atoms with van der Waals surface area (Å²) in [6, 6.07) is 9.65. The lowest BCUT2D eigenvalue weighted by molar-refractivity contribution is -0.144. The van der Waals surface area contributed by atoms with Gasteiger partial charge in [-0.25, -0.2) is 4.98 Å². The Labute approximate surface area is 144 Å². The molecule has 1 unspecified atom stereocenters. The van der Waals surface area contributed by atoms with Gasteiger partial charge in [0.1, 0.15) is 17.4 Å². The van der Waals surface area contributed by atoms with Gasteiger partial charge < -0.3 is 9.51 Å². The molecule has 1 N–H and O–H groups in total. The molecule has 4 heterocycles. The molecule has 1 atom stereocenters. The standard InChI is InChI=1S/C18H19N3O2S/c22-18(23)13-6-1-3-9-20(13)12-14-17(15-7-5-11-24-15)19-16-8-2-4-10-21(14)16/h2,4-5,7-8,10-11,13H,1,3,6,9,12H2,(H,22,23). The van der Waals surface area contributed by atoms with Gasteiger partial charge in [0.25, 0.3) is 0 Å². The van der Waals surface area contributed by atoms with Crippen LogP contribution in [0.25, 0.3) is 16.2 Å². The number of aliphatic carboxylic acids is 1. The van der Waals surface area contributed by atoms with Gasteiger partial charge >= 0.3 is 5.97 Å². The SMILES string of the molecule is O=C(O)C1CCCCN1Cc1c(-c2cccs2)nc2ccccn12. The first kappa shape index (κ1) is 15.4. The van der Waals surface area contributed by atoms with E-state index in [4.69, 9.17) is 4.98 Å². The summed E-state index contributed by atoms with van der Waals surface area (Å²) in [7, 11) is 0. The molecule has 3 aromatic rings. The predicted molar refractivity (Wildman–Crippen MR) is 94.2 cm³/mol. The molecule has 0 amide bonds. The first-order valence-corrected chi connectivity index (χ1v) is 9.08. The number of hydrogen-bond donors (Lipinski definition) is 1. The fourth-order valence-corrected chi connectivity index (χ4v) is 4.20. The van der Waals surface area contributed by atoms with Crippen molar-refractivity contribution < 1.29 is 9.90 Å². The second kappa shape index (κ2) is 6.37. The van der Waals surface area contributed by atoms with Gasteiger partial charge in [0, 0.05) is 12.7 Å². The minimum absolute atomic E-state index is 0.399. The van der Waals surface area contributed by atoms with Crippen LogP contribution < -0.4 is 0 Å². The Bertz CT molecular complexity index is 856. The maximum Gasteiger partial charge on any atom is 0.320 e. The molecule has 24 heavy (non-hydrogen) atoms. The number of pyridine rings is 1. The number of carbonyl (C=O) groups is 1. The zero-order valence-electron chi connectivity index (χ0n) is 13.3. The zero-order valence-corrected chi connectivity index (χ0v) is 14.1.